The molecule has 0 saturated carbocycles. The predicted octanol–water partition coefficient (Wildman–Crippen LogP) is -3.20. The number of hydrogen-bond donors (Lipinski definition) is 2. The zero-order valence-corrected chi connectivity index (χ0v) is 6.94. The molecule has 0 aromatic carbocycles. The maximum absolute atomic E-state index is 8.74. The average Bonchev–Trinajstić information content (AvgIpc) is 0.722. The van der Waals surface area contributed by atoms with Gasteiger partial charge in [0.05, 0.1) is 0 Å². The van der Waals surface area contributed by atoms with Crippen LogP contribution in [0.5, 0.6) is 0 Å². The maximum atomic E-state index is 8.74. The summed E-state index contributed by atoms with van der Waals surface area (Å²) in [5, 5.41) is 0. The van der Waals surface area contributed by atoms with Crippen molar-refractivity contribution in [1.29, 1.82) is 0 Å². The van der Waals surface area contributed by atoms with Gasteiger partial charge in [-0.05, 0) is 0 Å². The molecule has 0 aliphatic heterocycles. The van der Waals surface area contributed by atoms with E-state index in [1.165, 1.54) is 0 Å². The summed E-state index contributed by atoms with van der Waals surface area (Å²) in [7, 11) is -4.67. The third-order valence-electron chi connectivity index (χ3n) is 0. The van der Waals surface area contributed by atoms with E-state index >= 15 is 0 Å². The first kappa shape index (κ1) is 15.7. The second-order valence-corrected chi connectivity index (χ2v) is 1.34. The van der Waals surface area contributed by atoms with Crippen molar-refractivity contribution in [1.82, 2.24) is 0 Å². The molecule has 0 radical (unpaired) electrons. The van der Waals surface area contributed by atoms with Crippen LogP contribution in [0.2, 0.25) is 0 Å². The Morgan fingerprint density at radius 3 is 1.14 bits per heavy atom. The first-order chi connectivity index (χ1) is 2.00. The molecule has 0 fully saturated rings. The van der Waals surface area contributed by atoms with E-state index in [0.29, 0.717) is 0 Å². The fourth-order valence-electron chi connectivity index (χ4n) is 0. The molecule has 0 aliphatic carbocycles. The second kappa shape index (κ2) is 5.02. The molecule has 0 aromatic heterocycles. The van der Waals surface area contributed by atoms with Gasteiger partial charge in [-0.3, -0.25) is 9.11 Å². The molecular weight excluding hydrogens is 131 g/mol. The molecule has 0 aromatic rings. The Balaban J connectivity index is -0.0000000800. The zero-order chi connectivity index (χ0) is 4.50. The third kappa shape index (κ3) is 215. The van der Waals surface area contributed by atoms with Gasteiger partial charge in [-0.2, -0.15) is 8.42 Å². The van der Waals surface area contributed by atoms with Crippen LogP contribution in [0, 0.1) is 7.43 Å². The SMILES string of the molecule is O=S(=O)(O)O.[CH3-].[Na+]. The fraction of sp³-hybridized carbons (Fsp3) is 0. The smallest absolute Gasteiger partial charge is 0.358 e. The van der Waals surface area contributed by atoms with Crippen molar-refractivity contribution in [3.8, 4) is 0 Å². The molecule has 4 nitrogen and oxygen atoms in total. The summed E-state index contributed by atoms with van der Waals surface area (Å²) in [6.07, 6.45) is 0. The summed E-state index contributed by atoms with van der Waals surface area (Å²) < 4.78 is 31.6. The topological polar surface area (TPSA) is 74.6 Å². The van der Waals surface area contributed by atoms with Gasteiger partial charge in [-0.25, -0.2) is 0 Å². The van der Waals surface area contributed by atoms with Gasteiger partial charge in [0.15, 0.2) is 0 Å². The van der Waals surface area contributed by atoms with Gasteiger partial charge in [-0.1, -0.05) is 0 Å². The summed E-state index contributed by atoms with van der Waals surface area (Å²) in [6, 6.07) is 0. The zero-order valence-electron chi connectivity index (χ0n) is 4.12. The minimum atomic E-state index is -4.67. The predicted molar refractivity (Wildman–Crippen MR) is 20.6 cm³/mol. The molecule has 0 rings (SSSR count). The Labute approximate surface area is 64.8 Å². The Morgan fingerprint density at radius 1 is 1.14 bits per heavy atom. The molecule has 0 spiro atoms. The standard InChI is InChI=1S/CH3.Na.H2O4S/c;;1-5(2,3)4/h1H3;;(H2,1,2,3,4)/q-1;+1;. The molecule has 0 unspecified atom stereocenters. The normalized spacial score (nSPS) is 8.29. The van der Waals surface area contributed by atoms with Crippen molar-refractivity contribution in [2.45, 2.75) is 0 Å². The van der Waals surface area contributed by atoms with E-state index in [2.05, 4.69) is 0 Å². The molecule has 40 valence electrons. The van der Waals surface area contributed by atoms with Gasteiger partial charge < -0.3 is 7.43 Å². The molecule has 6 heteroatoms. The van der Waals surface area contributed by atoms with Crippen LogP contribution in [0.3, 0.4) is 0 Å². The van der Waals surface area contributed by atoms with E-state index < -0.39 is 10.4 Å². The van der Waals surface area contributed by atoms with Gasteiger partial charge >= 0.3 is 40.0 Å². The van der Waals surface area contributed by atoms with Crippen molar-refractivity contribution >= 4 is 10.4 Å². The molecule has 0 saturated heterocycles. The van der Waals surface area contributed by atoms with Crippen molar-refractivity contribution in [2.75, 3.05) is 0 Å². The molecule has 7 heavy (non-hydrogen) atoms. The van der Waals surface area contributed by atoms with E-state index in [9.17, 15) is 0 Å². The minimum Gasteiger partial charge on any atom is -0.358 e. The number of hydrogen-bond acceptors (Lipinski definition) is 2. The molecular formula is CH5NaO4S. The van der Waals surface area contributed by atoms with Crippen LogP contribution < -0.4 is 29.6 Å². The maximum Gasteiger partial charge on any atom is 1.00 e. The molecule has 2 N–H and O–H groups in total. The summed E-state index contributed by atoms with van der Waals surface area (Å²) in [5.41, 5.74) is 0. The van der Waals surface area contributed by atoms with Crippen LogP contribution in [0.1, 0.15) is 0 Å². The van der Waals surface area contributed by atoms with Gasteiger partial charge in [-0.15, -0.1) is 0 Å². The first-order valence-electron chi connectivity index (χ1n) is 0.698. The van der Waals surface area contributed by atoms with E-state index in [4.69, 9.17) is 17.5 Å². The third-order valence-corrected chi connectivity index (χ3v) is 0. The number of rotatable bonds is 0. The van der Waals surface area contributed by atoms with Crippen LogP contribution in [-0.2, 0) is 10.4 Å². The van der Waals surface area contributed by atoms with Crippen molar-refractivity contribution in [3.05, 3.63) is 7.43 Å². The first-order valence-corrected chi connectivity index (χ1v) is 2.10. The molecule has 0 aliphatic rings. The minimum absolute atomic E-state index is 0. The van der Waals surface area contributed by atoms with Crippen LogP contribution in [-0.4, -0.2) is 17.5 Å². The van der Waals surface area contributed by atoms with E-state index in [1.807, 2.05) is 0 Å². The molecule has 0 atom stereocenters. The molecule has 0 bridgehead atoms. The van der Waals surface area contributed by atoms with Crippen LogP contribution in [0.25, 0.3) is 0 Å². The van der Waals surface area contributed by atoms with E-state index in [1.54, 1.807) is 0 Å². The van der Waals surface area contributed by atoms with E-state index in [0.717, 1.165) is 0 Å². The van der Waals surface area contributed by atoms with Crippen LogP contribution in [0.15, 0.2) is 0 Å². The summed E-state index contributed by atoms with van der Waals surface area (Å²) in [4.78, 5) is 0. The molecule has 0 heterocycles. The van der Waals surface area contributed by atoms with Crippen LogP contribution in [0.4, 0.5) is 0 Å². The van der Waals surface area contributed by atoms with Crippen molar-refractivity contribution in [2.24, 2.45) is 0 Å². The summed E-state index contributed by atoms with van der Waals surface area (Å²) in [6.45, 7) is 0. The van der Waals surface area contributed by atoms with Crippen LogP contribution >= 0.6 is 0 Å². The average molecular weight is 136 g/mol. The summed E-state index contributed by atoms with van der Waals surface area (Å²) >= 11 is 0. The van der Waals surface area contributed by atoms with Gasteiger partial charge in [0, 0.05) is 0 Å². The fourth-order valence-corrected chi connectivity index (χ4v) is 0. The van der Waals surface area contributed by atoms with Gasteiger partial charge in [0.2, 0.25) is 0 Å². The second-order valence-electron chi connectivity index (χ2n) is 0.448. The largest absolute Gasteiger partial charge is 1.00 e. The van der Waals surface area contributed by atoms with Gasteiger partial charge in [0.1, 0.15) is 0 Å². The van der Waals surface area contributed by atoms with Gasteiger partial charge in [0.25, 0.3) is 0 Å². The summed E-state index contributed by atoms with van der Waals surface area (Å²) in [5.74, 6) is 0. The quantitative estimate of drug-likeness (QED) is 0.209. The molecule has 0 amide bonds. The Hall–Kier alpha value is 0.870. The van der Waals surface area contributed by atoms with E-state index in [-0.39, 0.29) is 37.0 Å². The van der Waals surface area contributed by atoms with Crippen molar-refractivity contribution in [3.63, 3.8) is 0 Å². The Morgan fingerprint density at radius 2 is 1.14 bits per heavy atom. The Bertz CT molecular complexity index is 94.9. The Kier molecular flexibility index (Phi) is 11.2. The van der Waals surface area contributed by atoms with Crippen molar-refractivity contribution < 1.29 is 47.1 Å². The monoisotopic (exact) mass is 136 g/mol.